The number of piperidine rings is 1. The molecule has 1 fully saturated rings. The Morgan fingerprint density at radius 1 is 1.42 bits per heavy atom. The summed E-state index contributed by atoms with van der Waals surface area (Å²) in [6.45, 7) is 3.24. The second-order valence-corrected chi connectivity index (χ2v) is 6.18. The molecule has 2 atom stereocenters. The van der Waals surface area contributed by atoms with Gasteiger partial charge in [0.15, 0.2) is 0 Å². The van der Waals surface area contributed by atoms with E-state index in [-0.39, 0.29) is 36.8 Å². The van der Waals surface area contributed by atoms with Gasteiger partial charge in [0, 0.05) is 24.7 Å². The maximum atomic E-state index is 13.8. The SMILES string of the molecule is CC[C@@H](CO)NC(=O)N[C@H]1CCCN(Cc2c(F)cccc2F)C1. The molecule has 1 aliphatic heterocycles. The molecule has 5 nitrogen and oxygen atoms in total. The number of aliphatic hydroxyl groups is 1. The third-order valence-corrected chi connectivity index (χ3v) is 4.33. The van der Waals surface area contributed by atoms with Crippen molar-refractivity contribution >= 4 is 6.03 Å². The molecule has 1 aliphatic rings. The first-order valence-corrected chi connectivity index (χ1v) is 8.36. The summed E-state index contributed by atoms with van der Waals surface area (Å²) in [6, 6.07) is 3.20. The van der Waals surface area contributed by atoms with Crippen molar-refractivity contribution in [3.63, 3.8) is 0 Å². The van der Waals surface area contributed by atoms with Gasteiger partial charge in [0.05, 0.1) is 12.6 Å². The smallest absolute Gasteiger partial charge is 0.315 e. The van der Waals surface area contributed by atoms with Crippen LogP contribution in [-0.2, 0) is 6.54 Å². The molecule has 2 amide bonds. The van der Waals surface area contributed by atoms with E-state index in [0.29, 0.717) is 13.0 Å². The minimum absolute atomic E-state index is 0.0638. The number of hydrogen-bond acceptors (Lipinski definition) is 3. The molecule has 0 aliphatic carbocycles. The fourth-order valence-corrected chi connectivity index (χ4v) is 2.91. The van der Waals surface area contributed by atoms with E-state index in [1.165, 1.54) is 18.2 Å². The Morgan fingerprint density at radius 3 is 2.75 bits per heavy atom. The molecule has 0 radical (unpaired) electrons. The Labute approximate surface area is 141 Å². The molecular weight excluding hydrogens is 316 g/mol. The van der Waals surface area contributed by atoms with Gasteiger partial charge < -0.3 is 15.7 Å². The van der Waals surface area contributed by atoms with Crippen LogP contribution in [-0.4, -0.2) is 47.8 Å². The number of benzene rings is 1. The van der Waals surface area contributed by atoms with Gasteiger partial charge in [-0.2, -0.15) is 0 Å². The lowest BCUT2D eigenvalue weighted by atomic mass is 10.0. The summed E-state index contributed by atoms with van der Waals surface area (Å²) in [6.07, 6.45) is 2.31. The average molecular weight is 341 g/mol. The fraction of sp³-hybridized carbons (Fsp3) is 0.588. The van der Waals surface area contributed by atoms with Crippen LogP contribution in [0.5, 0.6) is 0 Å². The maximum absolute atomic E-state index is 13.8. The van der Waals surface area contributed by atoms with Crippen LogP contribution in [0.15, 0.2) is 18.2 Å². The van der Waals surface area contributed by atoms with Gasteiger partial charge in [0.25, 0.3) is 0 Å². The number of hydrogen-bond donors (Lipinski definition) is 3. The molecule has 0 aromatic heterocycles. The van der Waals surface area contributed by atoms with Crippen molar-refractivity contribution in [2.75, 3.05) is 19.7 Å². The average Bonchev–Trinajstić information content (AvgIpc) is 2.56. The summed E-state index contributed by atoms with van der Waals surface area (Å²) in [5, 5.41) is 14.7. The summed E-state index contributed by atoms with van der Waals surface area (Å²) in [4.78, 5) is 13.9. The molecule has 2 rings (SSSR count). The first-order chi connectivity index (χ1) is 11.5. The number of nitrogens with one attached hydrogen (secondary N) is 2. The Hall–Kier alpha value is -1.73. The Balaban J connectivity index is 1.89. The summed E-state index contributed by atoms with van der Waals surface area (Å²) in [5.41, 5.74) is 0.0638. The van der Waals surface area contributed by atoms with Crippen LogP contribution < -0.4 is 10.6 Å². The predicted octanol–water partition coefficient (Wildman–Crippen LogP) is 2.00. The van der Waals surface area contributed by atoms with Gasteiger partial charge in [-0.15, -0.1) is 0 Å². The second kappa shape index (κ2) is 8.94. The van der Waals surface area contributed by atoms with Crippen LogP contribution in [0, 0.1) is 11.6 Å². The van der Waals surface area contributed by atoms with Gasteiger partial charge in [0.2, 0.25) is 0 Å². The van der Waals surface area contributed by atoms with Gasteiger partial charge in [-0.3, -0.25) is 4.90 Å². The van der Waals surface area contributed by atoms with E-state index < -0.39 is 11.6 Å². The van der Waals surface area contributed by atoms with Gasteiger partial charge in [0.1, 0.15) is 11.6 Å². The van der Waals surface area contributed by atoms with E-state index in [9.17, 15) is 13.6 Å². The predicted molar refractivity (Wildman–Crippen MR) is 87.5 cm³/mol. The zero-order valence-electron chi connectivity index (χ0n) is 13.9. The summed E-state index contributed by atoms with van der Waals surface area (Å²) in [7, 11) is 0. The highest BCUT2D eigenvalue weighted by Gasteiger charge is 2.23. The Kier molecular flexibility index (Phi) is 6.93. The van der Waals surface area contributed by atoms with Crippen molar-refractivity contribution in [2.45, 2.75) is 44.8 Å². The molecule has 1 aromatic rings. The number of carbonyl (C=O) groups is 1. The lowest BCUT2D eigenvalue weighted by Gasteiger charge is -2.33. The van der Waals surface area contributed by atoms with Crippen molar-refractivity contribution in [1.82, 2.24) is 15.5 Å². The van der Waals surface area contributed by atoms with Crippen molar-refractivity contribution in [3.8, 4) is 0 Å². The van der Waals surface area contributed by atoms with Crippen LogP contribution in [0.4, 0.5) is 13.6 Å². The second-order valence-electron chi connectivity index (χ2n) is 6.18. The molecule has 0 spiro atoms. The molecule has 24 heavy (non-hydrogen) atoms. The number of urea groups is 1. The first-order valence-electron chi connectivity index (χ1n) is 8.36. The molecule has 7 heteroatoms. The maximum Gasteiger partial charge on any atom is 0.315 e. The van der Waals surface area contributed by atoms with Crippen LogP contribution in [0.2, 0.25) is 0 Å². The third-order valence-electron chi connectivity index (χ3n) is 4.33. The lowest BCUT2D eigenvalue weighted by Crippen LogP contribution is -2.52. The van der Waals surface area contributed by atoms with Gasteiger partial charge in [-0.1, -0.05) is 13.0 Å². The van der Waals surface area contributed by atoms with E-state index in [2.05, 4.69) is 10.6 Å². The van der Waals surface area contributed by atoms with Crippen molar-refractivity contribution in [3.05, 3.63) is 35.4 Å². The molecule has 0 bridgehead atoms. The third kappa shape index (κ3) is 5.14. The van der Waals surface area contributed by atoms with E-state index in [1.54, 1.807) is 0 Å². The zero-order valence-corrected chi connectivity index (χ0v) is 13.9. The highest BCUT2D eigenvalue weighted by molar-refractivity contribution is 5.74. The summed E-state index contributed by atoms with van der Waals surface area (Å²) < 4.78 is 27.5. The van der Waals surface area contributed by atoms with Crippen LogP contribution in [0.25, 0.3) is 0 Å². The first kappa shape index (κ1) is 18.6. The van der Waals surface area contributed by atoms with E-state index in [4.69, 9.17) is 5.11 Å². The van der Waals surface area contributed by atoms with Crippen LogP contribution >= 0.6 is 0 Å². The Bertz CT molecular complexity index is 532. The number of nitrogens with zero attached hydrogens (tertiary/aromatic N) is 1. The number of rotatable bonds is 6. The molecule has 0 saturated carbocycles. The minimum atomic E-state index is -0.545. The molecule has 3 N–H and O–H groups in total. The van der Waals surface area contributed by atoms with Crippen LogP contribution in [0.1, 0.15) is 31.7 Å². The molecule has 1 aromatic carbocycles. The lowest BCUT2D eigenvalue weighted by molar-refractivity contribution is 0.173. The Morgan fingerprint density at radius 2 is 2.12 bits per heavy atom. The van der Waals surface area contributed by atoms with E-state index >= 15 is 0 Å². The zero-order chi connectivity index (χ0) is 17.5. The van der Waals surface area contributed by atoms with E-state index in [0.717, 1.165) is 19.4 Å². The minimum Gasteiger partial charge on any atom is -0.394 e. The van der Waals surface area contributed by atoms with Gasteiger partial charge >= 0.3 is 6.03 Å². The number of carbonyl (C=O) groups excluding carboxylic acids is 1. The monoisotopic (exact) mass is 341 g/mol. The highest BCUT2D eigenvalue weighted by atomic mass is 19.1. The van der Waals surface area contributed by atoms with Crippen LogP contribution in [0.3, 0.4) is 0 Å². The molecule has 1 saturated heterocycles. The quantitative estimate of drug-likeness (QED) is 0.741. The van der Waals surface area contributed by atoms with Gasteiger partial charge in [-0.25, -0.2) is 13.6 Å². The molecule has 134 valence electrons. The van der Waals surface area contributed by atoms with Crippen molar-refractivity contribution in [2.24, 2.45) is 0 Å². The normalized spacial score (nSPS) is 19.8. The number of amides is 2. The highest BCUT2D eigenvalue weighted by Crippen LogP contribution is 2.18. The summed E-state index contributed by atoms with van der Waals surface area (Å²) in [5.74, 6) is -1.09. The molecule has 1 heterocycles. The van der Waals surface area contributed by atoms with Crippen molar-refractivity contribution in [1.29, 1.82) is 0 Å². The fourth-order valence-electron chi connectivity index (χ4n) is 2.91. The standard InChI is InChI=1S/C17H25F2N3O2/c1-2-12(11-23)20-17(24)21-13-5-4-8-22(9-13)10-14-15(18)6-3-7-16(14)19/h3,6-7,12-13,23H,2,4-5,8-11H2,1H3,(H2,20,21,24)/t12-,13-/m0/s1. The number of halogens is 2. The molecule has 0 unspecified atom stereocenters. The van der Waals surface area contributed by atoms with E-state index in [1.807, 2.05) is 11.8 Å². The molecular formula is C17H25F2N3O2. The topological polar surface area (TPSA) is 64.6 Å². The van der Waals surface area contributed by atoms with Gasteiger partial charge in [-0.05, 0) is 37.9 Å². The van der Waals surface area contributed by atoms with Crippen molar-refractivity contribution < 1.29 is 18.7 Å². The number of likely N-dealkylation sites (tertiary alicyclic amines) is 1. The summed E-state index contributed by atoms with van der Waals surface area (Å²) >= 11 is 0. The number of aliphatic hydroxyl groups excluding tert-OH is 1. The largest absolute Gasteiger partial charge is 0.394 e.